The normalized spacial score (nSPS) is 12.5. The van der Waals surface area contributed by atoms with Crippen LogP contribution in [0.15, 0.2) is 36.4 Å². The molecule has 0 bridgehead atoms. The molecule has 0 radical (unpaired) electrons. The molecular formula is C17H21N. The van der Waals surface area contributed by atoms with Crippen molar-refractivity contribution in [2.45, 2.75) is 33.7 Å². The lowest BCUT2D eigenvalue weighted by molar-refractivity contribution is 0.855. The molecule has 0 fully saturated rings. The van der Waals surface area contributed by atoms with Gasteiger partial charge in [0, 0.05) is 0 Å². The molecule has 0 saturated carbocycles. The van der Waals surface area contributed by atoms with Gasteiger partial charge in [-0.25, -0.2) is 0 Å². The summed E-state index contributed by atoms with van der Waals surface area (Å²) < 4.78 is 0. The predicted molar refractivity (Wildman–Crippen MR) is 77.9 cm³/mol. The second-order valence-electron chi connectivity index (χ2n) is 5.19. The van der Waals surface area contributed by atoms with Crippen LogP contribution in [0.1, 0.15) is 39.4 Å². The largest absolute Gasteiger partial charge is 0.320 e. The van der Waals surface area contributed by atoms with Crippen LogP contribution < -0.4 is 5.73 Å². The molecule has 94 valence electrons. The van der Waals surface area contributed by atoms with Crippen molar-refractivity contribution in [3.8, 4) is 0 Å². The zero-order chi connectivity index (χ0) is 13.3. The minimum atomic E-state index is -0.0384. The van der Waals surface area contributed by atoms with Gasteiger partial charge in [-0.15, -0.1) is 0 Å². The van der Waals surface area contributed by atoms with Crippen LogP contribution in [-0.2, 0) is 0 Å². The Morgan fingerprint density at radius 3 is 2.11 bits per heavy atom. The first-order valence-electron chi connectivity index (χ1n) is 6.39. The Kier molecular flexibility index (Phi) is 3.53. The minimum absolute atomic E-state index is 0.0384. The van der Waals surface area contributed by atoms with E-state index in [1.54, 1.807) is 0 Å². The Bertz CT molecular complexity index is 550. The van der Waals surface area contributed by atoms with E-state index in [0.717, 1.165) is 0 Å². The molecule has 1 unspecified atom stereocenters. The van der Waals surface area contributed by atoms with Crippen LogP contribution in [0.4, 0.5) is 0 Å². The van der Waals surface area contributed by atoms with Crippen molar-refractivity contribution in [2.24, 2.45) is 5.73 Å². The molecule has 0 heterocycles. The second kappa shape index (κ2) is 4.95. The Morgan fingerprint density at radius 1 is 0.889 bits per heavy atom. The van der Waals surface area contributed by atoms with Crippen LogP contribution in [-0.4, -0.2) is 0 Å². The lowest BCUT2D eigenvalue weighted by Crippen LogP contribution is -2.14. The van der Waals surface area contributed by atoms with E-state index < -0.39 is 0 Å². The molecule has 18 heavy (non-hydrogen) atoms. The fraction of sp³-hybridized carbons (Fsp3) is 0.294. The van der Waals surface area contributed by atoms with Crippen molar-refractivity contribution < 1.29 is 0 Å². The van der Waals surface area contributed by atoms with Gasteiger partial charge in [-0.2, -0.15) is 0 Å². The summed E-state index contributed by atoms with van der Waals surface area (Å²) in [6, 6.07) is 12.8. The van der Waals surface area contributed by atoms with Crippen LogP contribution in [0.5, 0.6) is 0 Å². The fourth-order valence-electron chi connectivity index (χ4n) is 2.48. The molecule has 0 amide bonds. The van der Waals surface area contributed by atoms with Crippen LogP contribution in [0.3, 0.4) is 0 Å². The summed E-state index contributed by atoms with van der Waals surface area (Å²) in [5, 5.41) is 0. The molecule has 2 aromatic rings. The van der Waals surface area contributed by atoms with Crippen LogP contribution in [0.2, 0.25) is 0 Å². The van der Waals surface area contributed by atoms with Crippen molar-refractivity contribution in [3.05, 3.63) is 69.8 Å². The zero-order valence-corrected chi connectivity index (χ0v) is 11.6. The smallest absolute Gasteiger partial charge is 0.0554 e. The highest BCUT2D eigenvalue weighted by molar-refractivity contribution is 5.42. The van der Waals surface area contributed by atoms with Gasteiger partial charge >= 0.3 is 0 Å². The van der Waals surface area contributed by atoms with E-state index in [2.05, 4.69) is 64.1 Å². The molecule has 0 aliphatic rings. The van der Waals surface area contributed by atoms with Gasteiger partial charge in [0.1, 0.15) is 0 Å². The molecule has 2 N–H and O–H groups in total. The molecule has 2 rings (SSSR count). The number of nitrogens with two attached hydrogens (primary N) is 1. The number of aryl methyl sites for hydroxylation is 3. The summed E-state index contributed by atoms with van der Waals surface area (Å²) in [7, 11) is 0. The Morgan fingerprint density at radius 2 is 1.50 bits per heavy atom. The van der Waals surface area contributed by atoms with Crippen molar-refractivity contribution in [1.82, 2.24) is 0 Å². The molecule has 0 aliphatic heterocycles. The average Bonchev–Trinajstić information content (AvgIpc) is 2.30. The third-order valence-corrected chi connectivity index (χ3v) is 3.58. The number of benzene rings is 2. The summed E-state index contributed by atoms with van der Waals surface area (Å²) in [4.78, 5) is 0. The molecule has 0 saturated heterocycles. The fourth-order valence-corrected chi connectivity index (χ4v) is 2.48. The maximum Gasteiger partial charge on any atom is 0.0554 e. The molecule has 0 aromatic heterocycles. The first-order valence-corrected chi connectivity index (χ1v) is 6.39. The van der Waals surface area contributed by atoms with Gasteiger partial charge in [0.05, 0.1) is 6.04 Å². The average molecular weight is 239 g/mol. The van der Waals surface area contributed by atoms with Crippen molar-refractivity contribution in [1.29, 1.82) is 0 Å². The maximum absolute atomic E-state index is 6.42. The molecule has 1 atom stereocenters. The van der Waals surface area contributed by atoms with Gasteiger partial charge < -0.3 is 5.73 Å². The van der Waals surface area contributed by atoms with Gasteiger partial charge in [0.2, 0.25) is 0 Å². The molecule has 1 nitrogen and oxygen atoms in total. The first kappa shape index (κ1) is 12.8. The Balaban J connectivity index is 2.47. The van der Waals surface area contributed by atoms with E-state index in [1.807, 2.05) is 0 Å². The van der Waals surface area contributed by atoms with Gasteiger partial charge in [-0.1, -0.05) is 47.5 Å². The molecular weight excluding hydrogens is 218 g/mol. The topological polar surface area (TPSA) is 26.0 Å². The Labute approximate surface area is 110 Å². The van der Waals surface area contributed by atoms with Crippen molar-refractivity contribution in [2.75, 3.05) is 0 Å². The van der Waals surface area contributed by atoms with Gasteiger partial charge in [-0.05, 0) is 49.9 Å². The molecule has 1 heteroatoms. The van der Waals surface area contributed by atoms with Crippen molar-refractivity contribution in [3.63, 3.8) is 0 Å². The molecule has 0 aliphatic carbocycles. The number of rotatable bonds is 2. The van der Waals surface area contributed by atoms with E-state index in [0.29, 0.717) is 0 Å². The number of hydrogen-bond acceptors (Lipinski definition) is 1. The van der Waals surface area contributed by atoms with Crippen LogP contribution >= 0.6 is 0 Å². The van der Waals surface area contributed by atoms with E-state index in [4.69, 9.17) is 5.73 Å². The second-order valence-corrected chi connectivity index (χ2v) is 5.19. The quantitative estimate of drug-likeness (QED) is 0.843. The highest BCUT2D eigenvalue weighted by Crippen LogP contribution is 2.25. The SMILES string of the molecule is Cc1cc(C)cc(C(N)c2cccc(C)c2C)c1. The standard InChI is InChI=1S/C17H21N/c1-11-8-12(2)10-15(9-11)17(18)16-7-5-6-13(3)14(16)4/h5-10,17H,18H2,1-4H3. The lowest BCUT2D eigenvalue weighted by Gasteiger charge is -2.18. The van der Waals surface area contributed by atoms with E-state index >= 15 is 0 Å². The monoisotopic (exact) mass is 239 g/mol. The van der Waals surface area contributed by atoms with E-state index in [1.165, 1.54) is 33.4 Å². The highest BCUT2D eigenvalue weighted by Gasteiger charge is 2.12. The molecule has 0 spiro atoms. The third-order valence-electron chi connectivity index (χ3n) is 3.58. The third kappa shape index (κ3) is 2.46. The minimum Gasteiger partial charge on any atom is -0.320 e. The number of hydrogen-bond donors (Lipinski definition) is 1. The highest BCUT2D eigenvalue weighted by atomic mass is 14.6. The van der Waals surface area contributed by atoms with Gasteiger partial charge in [0.25, 0.3) is 0 Å². The van der Waals surface area contributed by atoms with Gasteiger partial charge in [-0.3, -0.25) is 0 Å². The predicted octanol–water partition coefficient (Wildman–Crippen LogP) is 3.97. The van der Waals surface area contributed by atoms with E-state index in [-0.39, 0.29) is 6.04 Å². The van der Waals surface area contributed by atoms with Crippen LogP contribution in [0.25, 0.3) is 0 Å². The first-order chi connectivity index (χ1) is 8.49. The Hall–Kier alpha value is -1.60. The van der Waals surface area contributed by atoms with Crippen molar-refractivity contribution >= 4 is 0 Å². The summed E-state index contributed by atoms with van der Waals surface area (Å²) in [6.45, 7) is 8.51. The lowest BCUT2D eigenvalue weighted by atomic mass is 9.92. The summed E-state index contributed by atoms with van der Waals surface area (Å²) in [5.74, 6) is 0. The van der Waals surface area contributed by atoms with Crippen LogP contribution in [0, 0.1) is 27.7 Å². The zero-order valence-electron chi connectivity index (χ0n) is 11.6. The summed E-state index contributed by atoms with van der Waals surface area (Å²) in [5.41, 5.74) is 14.0. The van der Waals surface area contributed by atoms with Gasteiger partial charge in [0.15, 0.2) is 0 Å². The summed E-state index contributed by atoms with van der Waals surface area (Å²) >= 11 is 0. The molecule has 2 aromatic carbocycles. The maximum atomic E-state index is 6.42. The summed E-state index contributed by atoms with van der Waals surface area (Å²) in [6.07, 6.45) is 0. The van der Waals surface area contributed by atoms with E-state index in [9.17, 15) is 0 Å².